The molecule has 0 atom stereocenters. The van der Waals surface area contributed by atoms with E-state index in [9.17, 15) is 14.7 Å². The minimum atomic E-state index is -0.164. The first-order valence-corrected chi connectivity index (χ1v) is 11.5. The Bertz CT molecular complexity index is 784. The molecule has 166 valence electrons. The molecule has 1 aromatic rings. The van der Waals surface area contributed by atoms with Crippen molar-refractivity contribution in [1.82, 2.24) is 0 Å². The molecule has 0 amide bonds. The molecule has 31 heavy (non-hydrogen) atoms. The van der Waals surface area contributed by atoms with Gasteiger partial charge < -0.3 is 4.74 Å². The van der Waals surface area contributed by atoms with E-state index in [1.54, 1.807) is 12.1 Å². The molecule has 0 heterocycles. The number of ether oxygens (including phenoxy) is 1. The Labute approximate surface area is 186 Å². The normalized spacial score (nSPS) is 14.8. The van der Waals surface area contributed by atoms with Gasteiger partial charge in [0.1, 0.15) is 5.76 Å². The summed E-state index contributed by atoms with van der Waals surface area (Å²) in [5, 5.41) is 11.2. The summed E-state index contributed by atoms with van der Waals surface area (Å²) >= 11 is 0. The Balaban J connectivity index is 1.60. The van der Waals surface area contributed by atoms with Gasteiger partial charge in [-0.2, -0.15) is 0 Å². The molecule has 1 aliphatic carbocycles. The first-order valence-electron chi connectivity index (χ1n) is 11.5. The van der Waals surface area contributed by atoms with Crippen LogP contribution in [0.2, 0.25) is 0 Å². The highest BCUT2D eigenvalue weighted by Crippen LogP contribution is 2.23. The summed E-state index contributed by atoms with van der Waals surface area (Å²) in [4.78, 5) is 22.2. The number of unbranched alkanes of at least 4 members (excludes halogenated alkanes) is 8. The molecule has 0 aromatic heterocycles. The summed E-state index contributed by atoms with van der Waals surface area (Å²) in [5.41, 5.74) is 3.59. The molecule has 2 radical (unpaired) electrons. The molecule has 1 aliphatic rings. The Morgan fingerprint density at radius 2 is 1.58 bits per heavy atom. The molecule has 0 N–H and O–H groups in total. The average Bonchev–Trinajstić information content (AvgIpc) is 2.77. The molecule has 0 aliphatic heterocycles. The lowest BCUT2D eigenvalue weighted by Gasteiger charge is -2.13. The van der Waals surface area contributed by atoms with Crippen molar-refractivity contribution in [3.63, 3.8) is 0 Å². The second-order valence-corrected chi connectivity index (χ2v) is 8.22. The molecule has 2 rings (SSSR count). The molecular weight excluding hydrogens is 388 g/mol. The highest BCUT2D eigenvalue weighted by atomic mass is 16.5. The number of benzene rings is 1. The van der Waals surface area contributed by atoms with E-state index in [2.05, 4.69) is 6.92 Å². The summed E-state index contributed by atoms with van der Waals surface area (Å²) in [5.74, 6) is 0.495. The van der Waals surface area contributed by atoms with Crippen LogP contribution in [0.3, 0.4) is 0 Å². The van der Waals surface area contributed by atoms with Crippen LogP contribution in [0.1, 0.15) is 83.1 Å². The zero-order chi connectivity index (χ0) is 22.3. The van der Waals surface area contributed by atoms with Gasteiger partial charge in [0.25, 0.3) is 0 Å². The molecule has 0 unspecified atom stereocenters. The van der Waals surface area contributed by atoms with E-state index in [4.69, 9.17) is 4.74 Å². The monoisotopic (exact) mass is 422 g/mol. The minimum Gasteiger partial charge on any atom is -0.427 e. The van der Waals surface area contributed by atoms with E-state index in [0.717, 1.165) is 50.5 Å². The molecule has 4 nitrogen and oxygen atoms in total. The van der Waals surface area contributed by atoms with Crippen LogP contribution in [0.5, 0.6) is 5.75 Å². The first-order chi connectivity index (χ1) is 15.1. The fraction of sp³-hybridized carbons (Fsp3) is 0.481. The van der Waals surface area contributed by atoms with Gasteiger partial charge >= 0.3 is 5.97 Å². The first kappa shape index (κ1) is 24.6. The quantitative estimate of drug-likeness (QED) is 0.237. The third-order valence-corrected chi connectivity index (χ3v) is 5.55. The summed E-state index contributed by atoms with van der Waals surface area (Å²) in [6.45, 7) is 2.10. The third kappa shape index (κ3) is 10.3. The third-order valence-electron chi connectivity index (χ3n) is 5.55. The van der Waals surface area contributed by atoms with Crippen molar-refractivity contribution in [3.8, 4) is 5.75 Å². The van der Waals surface area contributed by atoms with E-state index in [1.165, 1.54) is 30.4 Å². The van der Waals surface area contributed by atoms with Crippen LogP contribution in [0.25, 0.3) is 0 Å². The molecular formula is C27H34O4. The lowest BCUT2D eigenvalue weighted by Crippen LogP contribution is -2.05. The molecule has 0 bridgehead atoms. The van der Waals surface area contributed by atoms with Gasteiger partial charge in [-0.25, -0.2) is 0 Å². The van der Waals surface area contributed by atoms with Crippen molar-refractivity contribution < 1.29 is 19.4 Å². The fourth-order valence-electron chi connectivity index (χ4n) is 3.66. The maximum atomic E-state index is 12.1. The molecule has 0 fully saturated rings. The summed E-state index contributed by atoms with van der Waals surface area (Å²) in [7, 11) is 0. The van der Waals surface area contributed by atoms with E-state index < -0.39 is 0 Å². The Morgan fingerprint density at radius 1 is 0.935 bits per heavy atom. The van der Waals surface area contributed by atoms with Crippen molar-refractivity contribution in [1.29, 1.82) is 0 Å². The second kappa shape index (κ2) is 14.4. The molecule has 0 saturated carbocycles. The number of carbonyl (C=O) groups is 1. The van der Waals surface area contributed by atoms with E-state index in [1.807, 2.05) is 36.6 Å². The zero-order valence-electron chi connectivity index (χ0n) is 18.7. The molecule has 0 saturated heterocycles. The van der Waals surface area contributed by atoms with Gasteiger partial charge in [0, 0.05) is 12.8 Å². The highest BCUT2D eigenvalue weighted by molar-refractivity contribution is 5.71. The predicted molar refractivity (Wildman–Crippen MR) is 123 cm³/mol. The Morgan fingerprint density at radius 3 is 2.19 bits per heavy atom. The molecule has 1 aromatic carbocycles. The number of esters is 1. The van der Waals surface area contributed by atoms with Gasteiger partial charge in [-0.15, -0.1) is 0 Å². The number of hydrogen-bond acceptors (Lipinski definition) is 3. The molecule has 4 heteroatoms. The topological polar surface area (TPSA) is 63.3 Å². The van der Waals surface area contributed by atoms with Crippen molar-refractivity contribution >= 4 is 12.3 Å². The lowest BCUT2D eigenvalue weighted by atomic mass is 9.96. The number of carbonyl (C=O) groups excluding carboxylic acids is 2. The Kier molecular flexibility index (Phi) is 11.4. The van der Waals surface area contributed by atoms with Crippen LogP contribution >= 0.6 is 0 Å². The summed E-state index contributed by atoms with van der Waals surface area (Å²) in [6.07, 6.45) is 19.0. The maximum Gasteiger partial charge on any atom is 0.311 e. The van der Waals surface area contributed by atoms with Gasteiger partial charge in [-0.05, 0) is 68.0 Å². The minimum absolute atomic E-state index is 0.0300. The predicted octanol–water partition coefficient (Wildman–Crippen LogP) is 7.09. The highest BCUT2D eigenvalue weighted by Gasteiger charge is 2.10. The van der Waals surface area contributed by atoms with E-state index >= 15 is 0 Å². The summed E-state index contributed by atoms with van der Waals surface area (Å²) in [6, 6.07) is 6.94. The Hall–Kier alpha value is -2.62. The standard InChI is InChI=1S/C27H34O4/c1-22(21-23-12-16-25(29)17-13-23)24-14-18-26(19-15-24)31-27(30)11-9-7-5-3-2-4-6-8-10-20-28/h12-14,16-19H,2-11,15,21H2,1H3. The van der Waals surface area contributed by atoms with Crippen LogP contribution in [0, 0.1) is 0 Å². The summed E-state index contributed by atoms with van der Waals surface area (Å²) < 4.78 is 5.48. The van der Waals surface area contributed by atoms with Gasteiger partial charge in [0.05, 0.1) is 0 Å². The smallest absolute Gasteiger partial charge is 0.311 e. The fourth-order valence-corrected chi connectivity index (χ4v) is 3.66. The lowest BCUT2D eigenvalue weighted by molar-refractivity contribution is -0.139. The molecule has 0 spiro atoms. The van der Waals surface area contributed by atoms with Crippen LogP contribution in [0.15, 0.2) is 59.4 Å². The van der Waals surface area contributed by atoms with Crippen LogP contribution in [-0.4, -0.2) is 12.3 Å². The van der Waals surface area contributed by atoms with Crippen molar-refractivity contribution in [2.45, 2.75) is 84.0 Å². The van der Waals surface area contributed by atoms with Crippen molar-refractivity contribution in [2.75, 3.05) is 0 Å². The maximum absolute atomic E-state index is 12.1. The van der Waals surface area contributed by atoms with Crippen LogP contribution < -0.4 is 0 Å². The van der Waals surface area contributed by atoms with Crippen molar-refractivity contribution in [2.24, 2.45) is 0 Å². The largest absolute Gasteiger partial charge is 0.427 e. The number of hydrogen-bond donors (Lipinski definition) is 0. The van der Waals surface area contributed by atoms with E-state index in [0.29, 0.717) is 18.6 Å². The van der Waals surface area contributed by atoms with Crippen LogP contribution in [-0.2, 0) is 25.9 Å². The average molecular weight is 423 g/mol. The van der Waals surface area contributed by atoms with Gasteiger partial charge in [-0.1, -0.05) is 62.3 Å². The van der Waals surface area contributed by atoms with Gasteiger partial charge in [0.2, 0.25) is 0 Å². The second-order valence-electron chi connectivity index (χ2n) is 8.22. The SMILES string of the molecule is CC(Cc1ccc([O])cc1)=C1C=CC(OC(=O)CCCCCCCCCC[C]=O)=CC1. The van der Waals surface area contributed by atoms with Gasteiger partial charge in [0.15, 0.2) is 12.0 Å². The van der Waals surface area contributed by atoms with Crippen molar-refractivity contribution in [3.05, 3.63) is 65.0 Å². The van der Waals surface area contributed by atoms with Crippen LogP contribution in [0.4, 0.5) is 0 Å². The number of allylic oxidation sites excluding steroid dienone is 5. The zero-order valence-corrected chi connectivity index (χ0v) is 18.7. The number of rotatable bonds is 14. The van der Waals surface area contributed by atoms with E-state index in [-0.39, 0.29) is 11.7 Å². The van der Waals surface area contributed by atoms with Gasteiger partial charge in [-0.3, -0.25) is 14.7 Å².